The first-order chi connectivity index (χ1) is 8.47. The number of fused-ring (bicyclic) bond motifs is 1. The van der Waals surface area contributed by atoms with Crippen LogP contribution in [0.4, 0.5) is 0 Å². The molecule has 0 radical (unpaired) electrons. The number of nitrogens with zero attached hydrogens (tertiary/aromatic N) is 1. The molecule has 2 rings (SSSR count). The predicted molar refractivity (Wildman–Crippen MR) is 68.3 cm³/mol. The second-order valence-corrected chi connectivity index (χ2v) is 6.30. The fourth-order valence-electron chi connectivity index (χ4n) is 1.97. The van der Waals surface area contributed by atoms with Crippen LogP contribution in [0.5, 0.6) is 0 Å². The van der Waals surface area contributed by atoms with Gasteiger partial charge >= 0.3 is 5.97 Å². The van der Waals surface area contributed by atoms with E-state index in [1.165, 1.54) is 16.7 Å². The fourth-order valence-corrected chi connectivity index (χ4v) is 4.61. The van der Waals surface area contributed by atoms with Crippen molar-refractivity contribution in [2.45, 2.75) is 18.7 Å². The van der Waals surface area contributed by atoms with Crippen LogP contribution in [-0.2, 0) is 14.4 Å². The lowest BCUT2D eigenvalue weighted by Gasteiger charge is -2.41. The molecule has 98 valence electrons. The predicted octanol–water partition coefficient (Wildman–Crippen LogP) is 0.400. The summed E-state index contributed by atoms with van der Waals surface area (Å²) in [6.07, 6.45) is 0.688. The SMILES string of the molecule is CCC1C(=O)N2C(C(=O)O)=C(SCC(N)=O)S[C@H]12. The topological polar surface area (TPSA) is 101 Å². The molecule has 0 bridgehead atoms. The number of amides is 2. The Hall–Kier alpha value is -1.15. The molecule has 1 unspecified atom stereocenters. The van der Waals surface area contributed by atoms with Crippen LogP contribution in [0, 0.1) is 5.92 Å². The zero-order valence-electron chi connectivity index (χ0n) is 9.58. The van der Waals surface area contributed by atoms with Crippen molar-refractivity contribution in [1.82, 2.24) is 4.90 Å². The van der Waals surface area contributed by atoms with Crippen molar-refractivity contribution in [3.63, 3.8) is 0 Å². The number of thioether (sulfide) groups is 2. The number of rotatable bonds is 5. The number of nitrogens with two attached hydrogens (primary N) is 1. The van der Waals surface area contributed by atoms with Gasteiger partial charge < -0.3 is 10.8 Å². The van der Waals surface area contributed by atoms with Crippen molar-refractivity contribution in [3.8, 4) is 0 Å². The van der Waals surface area contributed by atoms with Crippen molar-refractivity contribution in [1.29, 1.82) is 0 Å². The van der Waals surface area contributed by atoms with Crippen LogP contribution >= 0.6 is 23.5 Å². The molecule has 1 saturated heterocycles. The maximum atomic E-state index is 11.8. The first-order valence-corrected chi connectivity index (χ1v) is 7.22. The third-order valence-electron chi connectivity index (χ3n) is 2.80. The van der Waals surface area contributed by atoms with Gasteiger partial charge in [-0.15, -0.1) is 11.8 Å². The Morgan fingerprint density at radius 2 is 2.22 bits per heavy atom. The second-order valence-electron chi connectivity index (χ2n) is 3.93. The average Bonchev–Trinajstić information content (AvgIpc) is 2.62. The molecule has 0 aromatic heterocycles. The van der Waals surface area contributed by atoms with Gasteiger partial charge in [-0.1, -0.05) is 18.7 Å². The number of carboxylic acids is 1. The van der Waals surface area contributed by atoms with Crippen LogP contribution in [0.2, 0.25) is 0 Å². The minimum Gasteiger partial charge on any atom is -0.477 e. The zero-order chi connectivity index (χ0) is 13.4. The largest absolute Gasteiger partial charge is 0.477 e. The number of β-lactam (4-membered cyclic amide) rings is 1. The molecule has 6 nitrogen and oxygen atoms in total. The summed E-state index contributed by atoms with van der Waals surface area (Å²) in [5.74, 6) is -1.91. The summed E-state index contributed by atoms with van der Waals surface area (Å²) in [6, 6.07) is 0. The molecule has 0 aromatic carbocycles. The van der Waals surface area contributed by atoms with E-state index < -0.39 is 11.9 Å². The minimum atomic E-state index is -1.14. The molecule has 0 spiro atoms. The van der Waals surface area contributed by atoms with E-state index in [0.717, 1.165) is 11.8 Å². The highest BCUT2D eigenvalue weighted by atomic mass is 32.2. The number of carbonyl (C=O) groups is 3. The Morgan fingerprint density at radius 3 is 2.72 bits per heavy atom. The number of aliphatic carboxylic acids is 1. The van der Waals surface area contributed by atoms with E-state index in [0.29, 0.717) is 10.7 Å². The van der Waals surface area contributed by atoms with Crippen molar-refractivity contribution in [2.75, 3.05) is 5.75 Å². The molecule has 2 aliphatic rings. The Morgan fingerprint density at radius 1 is 1.56 bits per heavy atom. The van der Waals surface area contributed by atoms with Gasteiger partial charge in [-0.05, 0) is 6.42 Å². The highest BCUT2D eigenvalue weighted by molar-refractivity contribution is 8.23. The summed E-state index contributed by atoms with van der Waals surface area (Å²) in [7, 11) is 0. The van der Waals surface area contributed by atoms with Crippen LogP contribution < -0.4 is 5.73 Å². The summed E-state index contributed by atoms with van der Waals surface area (Å²) < 4.78 is 0.496. The van der Waals surface area contributed by atoms with Crippen LogP contribution in [0.25, 0.3) is 0 Å². The number of carboxylic acid groups (broad SMARTS) is 1. The minimum absolute atomic E-state index is 0.00838. The molecule has 0 saturated carbocycles. The van der Waals surface area contributed by atoms with Gasteiger partial charge in [-0.3, -0.25) is 14.5 Å². The van der Waals surface area contributed by atoms with Gasteiger partial charge in [-0.25, -0.2) is 4.79 Å². The molecule has 8 heteroatoms. The number of primary amides is 1. The molecule has 0 aliphatic carbocycles. The van der Waals surface area contributed by atoms with Gasteiger partial charge in [0.05, 0.1) is 21.3 Å². The molecule has 2 atom stereocenters. The van der Waals surface area contributed by atoms with Gasteiger partial charge in [0.15, 0.2) is 5.70 Å². The van der Waals surface area contributed by atoms with E-state index in [1.54, 1.807) is 0 Å². The van der Waals surface area contributed by atoms with Gasteiger partial charge in [0.25, 0.3) is 0 Å². The van der Waals surface area contributed by atoms with E-state index in [2.05, 4.69) is 0 Å². The standard InChI is InChI=1S/C10H12N2O4S2/c1-2-4-7(14)12-6(9(15)16)10(18-8(4)12)17-3-5(11)13/h4,8H,2-3H2,1H3,(H2,11,13)(H,15,16)/t4?,8-/m1/s1. The quantitative estimate of drug-likeness (QED) is 0.710. The summed E-state index contributed by atoms with van der Waals surface area (Å²) >= 11 is 2.42. The number of hydrogen-bond donors (Lipinski definition) is 2. The molecule has 3 N–H and O–H groups in total. The average molecular weight is 288 g/mol. The Labute approximate surface area is 112 Å². The lowest BCUT2D eigenvalue weighted by Crippen LogP contribution is -2.56. The van der Waals surface area contributed by atoms with Crippen molar-refractivity contribution in [2.24, 2.45) is 11.7 Å². The van der Waals surface area contributed by atoms with Crippen LogP contribution in [0.1, 0.15) is 13.3 Å². The summed E-state index contributed by atoms with van der Waals surface area (Å²) in [4.78, 5) is 35.0. The molecular formula is C10H12N2O4S2. The van der Waals surface area contributed by atoms with Crippen molar-refractivity contribution < 1.29 is 19.5 Å². The molecule has 1 fully saturated rings. The van der Waals surface area contributed by atoms with Crippen molar-refractivity contribution >= 4 is 41.3 Å². The Balaban J connectivity index is 2.20. The molecule has 2 heterocycles. The van der Waals surface area contributed by atoms with E-state index in [4.69, 9.17) is 10.8 Å². The third-order valence-corrected chi connectivity index (χ3v) is 5.52. The van der Waals surface area contributed by atoms with Crippen LogP contribution in [-0.4, -0.2) is 38.9 Å². The van der Waals surface area contributed by atoms with Gasteiger partial charge in [-0.2, -0.15) is 0 Å². The summed E-state index contributed by atoms with van der Waals surface area (Å²) in [6.45, 7) is 1.90. The maximum absolute atomic E-state index is 11.8. The fraction of sp³-hybridized carbons (Fsp3) is 0.500. The smallest absolute Gasteiger partial charge is 0.354 e. The Bertz CT molecular complexity index is 463. The molecule has 2 amide bonds. The second kappa shape index (κ2) is 4.85. The van der Waals surface area contributed by atoms with Crippen LogP contribution in [0.3, 0.4) is 0 Å². The van der Waals surface area contributed by atoms with E-state index in [-0.39, 0.29) is 28.6 Å². The van der Waals surface area contributed by atoms with E-state index in [1.807, 2.05) is 6.92 Å². The third kappa shape index (κ3) is 1.99. The summed E-state index contributed by atoms with van der Waals surface area (Å²) in [5.41, 5.74) is 5.03. The highest BCUT2D eigenvalue weighted by Gasteiger charge is 2.55. The molecule has 18 heavy (non-hydrogen) atoms. The first kappa shape index (κ1) is 13.3. The first-order valence-electron chi connectivity index (χ1n) is 5.35. The van der Waals surface area contributed by atoms with Gasteiger partial charge in [0, 0.05) is 0 Å². The van der Waals surface area contributed by atoms with Crippen LogP contribution in [0.15, 0.2) is 9.93 Å². The monoisotopic (exact) mass is 288 g/mol. The molecule has 2 aliphatic heterocycles. The van der Waals surface area contributed by atoms with Gasteiger partial charge in [0.2, 0.25) is 11.8 Å². The normalized spacial score (nSPS) is 26.1. The molecule has 0 aromatic rings. The summed E-state index contributed by atoms with van der Waals surface area (Å²) in [5, 5.41) is 9.02. The van der Waals surface area contributed by atoms with E-state index in [9.17, 15) is 14.4 Å². The van der Waals surface area contributed by atoms with E-state index >= 15 is 0 Å². The lowest BCUT2D eigenvalue weighted by atomic mass is 9.95. The number of hydrogen-bond acceptors (Lipinski definition) is 5. The van der Waals surface area contributed by atoms with Gasteiger partial charge in [0.1, 0.15) is 0 Å². The maximum Gasteiger partial charge on any atom is 0.354 e. The number of carbonyl (C=O) groups excluding carboxylic acids is 2. The van der Waals surface area contributed by atoms with Crippen molar-refractivity contribution in [3.05, 3.63) is 9.93 Å². The Kier molecular flexibility index (Phi) is 3.58. The highest BCUT2D eigenvalue weighted by Crippen LogP contribution is 2.53. The zero-order valence-corrected chi connectivity index (χ0v) is 11.2. The lowest BCUT2D eigenvalue weighted by molar-refractivity contribution is -0.151. The molecular weight excluding hydrogens is 276 g/mol.